The zero-order chi connectivity index (χ0) is 12.4. The number of anilines is 1. The number of fused-ring (bicyclic) bond motifs is 1. The van der Waals surface area contributed by atoms with Crippen molar-refractivity contribution in [2.24, 2.45) is 0 Å². The lowest BCUT2D eigenvalue weighted by molar-refractivity contribution is 0.606. The number of nitriles is 1. The van der Waals surface area contributed by atoms with Gasteiger partial charge < -0.3 is 5.32 Å². The molecule has 0 aliphatic heterocycles. The van der Waals surface area contributed by atoms with Crippen LogP contribution in [0, 0.1) is 11.3 Å². The standard InChI is InChI=1S/C13H12N4S/c14-6-9-7-16-13(8-15-9)17-11-2-1-3-12-10(11)4-5-18-12/h4-5,7-8,11H,1-3H2,(H,16,17). The van der Waals surface area contributed by atoms with Crippen LogP contribution >= 0.6 is 11.3 Å². The molecule has 0 saturated carbocycles. The minimum Gasteiger partial charge on any atom is -0.362 e. The summed E-state index contributed by atoms with van der Waals surface area (Å²) in [6, 6.07) is 4.48. The molecule has 0 bridgehead atoms. The van der Waals surface area contributed by atoms with Gasteiger partial charge in [0.15, 0.2) is 5.69 Å². The highest BCUT2D eigenvalue weighted by Crippen LogP contribution is 2.34. The summed E-state index contributed by atoms with van der Waals surface area (Å²) in [5.41, 5.74) is 1.73. The maximum atomic E-state index is 8.68. The number of thiophene rings is 1. The molecule has 0 aromatic carbocycles. The third-order valence-corrected chi connectivity index (χ3v) is 4.14. The van der Waals surface area contributed by atoms with Gasteiger partial charge in [0.2, 0.25) is 0 Å². The van der Waals surface area contributed by atoms with Crippen molar-refractivity contribution in [3.8, 4) is 6.07 Å². The van der Waals surface area contributed by atoms with E-state index in [0.29, 0.717) is 11.7 Å². The summed E-state index contributed by atoms with van der Waals surface area (Å²) < 4.78 is 0. The van der Waals surface area contributed by atoms with Crippen molar-refractivity contribution >= 4 is 17.2 Å². The van der Waals surface area contributed by atoms with Gasteiger partial charge in [-0.2, -0.15) is 5.26 Å². The summed E-state index contributed by atoms with van der Waals surface area (Å²) in [5, 5.41) is 14.2. The zero-order valence-electron chi connectivity index (χ0n) is 9.76. The van der Waals surface area contributed by atoms with Gasteiger partial charge in [0.1, 0.15) is 11.9 Å². The third-order valence-electron chi connectivity index (χ3n) is 3.14. The van der Waals surface area contributed by atoms with Gasteiger partial charge in [-0.05, 0) is 36.3 Å². The molecular formula is C13H12N4S. The largest absolute Gasteiger partial charge is 0.362 e. The molecule has 1 aliphatic carbocycles. The quantitative estimate of drug-likeness (QED) is 0.897. The number of rotatable bonds is 2. The van der Waals surface area contributed by atoms with Crippen LogP contribution in [0.25, 0.3) is 0 Å². The van der Waals surface area contributed by atoms with E-state index < -0.39 is 0 Å². The fourth-order valence-electron chi connectivity index (χ4n) is 2.28. The van der Waals surface area contributed by atoms with E-state index in [0.717, 1.165) is 12.2 Å². The molecule has 1 N–H and O–H groups in total. The molecule has 1 aliphatic rings. The fraction of sp³-hybridized carbons (Fsp3) is 0.308. The van der Waals surface area contributed by atoms with Crippen LogP contribution in [0.3, 0.4) is 0 Å². The number of nitrogens with zero attached hydrogens (tertiary/aromatic N) is 3. The van der Waals surface area contributed by atoms with Gasteiger partial charge in [-0.15, -0.1) is 11.3 Å². The van der Waals surface area contributed by atoms with Crippen LogP contribution in [0.1, 0.15) is 35.0 Å². The summed E-state index contributed by atoms with van der Waals surface area (Å²) >= 11 is 1.83. The van der Waals surface area contributed by atoms with E-state index in [1.165, 1.54) is 29.5 Å². The number of nitrogens with one attached hydrogen (secondary N) is 1. The molecule has 2 aromatic rings. The van der Waals surface area contributed by atoms with Crippen LogP contribution in [0.15, 0.2) is 23.8 Å². The molecule has 2 aromatic heterocycles. The van der Waals surface area contributed by atoms with Crippen molar-refractivity contribution in [2.75, 3.05) is 5.32 Å². The van der Waals surface area contributed by atoms with Crippen molar-refractivity contribution in [3.63, 3.8) is 0 Å². The normalized spacial score (nSPS) is 17.8. The molecule has 0 saturated heterocycles. The number of hydrogen-bond donors (Lipinski definition) is 1. The predicted octanol–water partition coefficient (Wildman–Crippen LogP) is 2.90. The van der Waals surface area contributed by atoms with Gasteiger partial charge >= 0.3 is 0 Å². The zero-order valence-corrected chi connectivity index (χ0v) is 10.6. The molecule has 3 rings (SSSR count). The lowest BCUT2D eigenvalue weighted by Crippen LogP contribution is -2.16. The highest BCUT2D eigenvalue weighted by molar-refractivity contribution is 7.10. The second-order valence-electron chi connectivity index (χ2n) is 4.29. The summed E-state index contributed by atoms with van der Waals surface area (Å²) in [6.07, 6.45) is 6.63. The molecule has 0 fully saturated rings. The minimum absolute atomic E-state index is 0.322. The molecule has 0 spiro atoms. The Morgan fingerprint density at radius 3 is 3.11 bits per heavy atom. The Morgan fingerprint density at radius 1 is 1.39 bits per heavy atom. The van der Waals surface area contributed by atoms with Gasteiger partial charge in [-0.1, -0.05) is 0 Å². The van der Waals surface area contributed by atoms with E-state index in [1.54, 1.807) is 6.20 Å². The first-order valence-corrected chi connectivity index (χ1v) is 6.80. The second kappa shape index (κ2) is 4.75. The maximum absolute atomic E-state index is 8.68. The molecule has 1 atom stereocenters. The predicted molar refractivity (Wildman–Crippen MR) is 70.4 cm³/mol. The van der Waals surface area contributed by atoms with Crippen molar-refractivity contribution in [1.82, 2.24) is 9.97 Å². The van der Waals surface area contributed by atoms with Crippen LogP contribution in [-0.4, -0.2) is 9.97 Å². The van der Waals surface area contributed by atoms with Crippen LogP contribution in [0.2, 0.25) is 0 Å². The number of aromatic nitrogens is 2. The highest BCUT2D eigenvalue weighted by Gasteiger charge is 2.21. The fourth-order valence-corrected chi connectivity index (χ4v) is 3.26. The third kappa shape index (κ3) is 2.07. The molecule has 2 heterocycles. The first-order chi connectivity index (χ1) is 8.86. The van der Waals surface area contributed by atoms with Crippen LogP contribution in [-0.2, 0) is 6.42 Å². The van der Waals surface area contributed by atoms with E-state index in [-0.39, 0.29) is 0 Å². The lowest BCUT2D eigenvalue weighted by atomic mass is 9.94. The molecule has 4 nitrogen and oxygen atoms in total. The van der Waals surface area contributed by atoms with Gasteiger partial charge in [0.25, 0.3) is 0 Å². The maximum Gasteiger partial charge on any atom is 0.158 e. The van der Waals surface area contributed by atoms with E-state index in [9.17, 15) is 0 Å². The Labute approximate surface area is 109 Å². The van der Waals surface area contributed by atoms with Crippen LogP contribution in [0.4, 0.5) is 5.82 Å². The van der Waals surface area contributed by atoms with Crippen LogP contribution in [0.5, 0.6) is 0 Å². The summed E-state index contributed by atoms with van der Waals surface area (Å²) in [4.78, 5) is 9.70. The molecule has 1 unspecified atom stereocenters. The van der Waals surface area contributed by atoms with E-state index in [1.807, 2.05) is 17.4 Å². The lowest BCUT2D eigenvalue weighted by Gasteiger charge is -2.23. The first kappa shape index (κ1) is 11.2. The Kier molecular flexibility index (Phi) is 2.95. The molecular weight excluding hydrogens is 244 g/mol. The van der Waals surface area contributed by atoms with Gasteiger partial charge in [-0.25, -0.2) is 9.97 Å². The smallest absolute Gasteiger partial charge is 0.158 e. The van der Waals surface area contributed by atoms with Crippen molar-refractivity contribution < 1.29 is 0 Å². The Morgan fingerprint density at radius 2 is 2.33 bits per heavy atom. The Balaban J connectivity index is 1.80. The van der Waals surface area contributed by atoms with Gasteiger partial charge in [0.05, 0.1) is 18.4 Å². The number of aryl methyl sites for hydroxylation is 1. The van der Waals surface area contributed by atoms with Gasteiger partial charge in [-0.3, -0.25) is 0 Å². The van der Waals surface area contributed by atoms with Crippen LogP contribution < -0.4 is 5.32 Å². The topological polar surface area (TPSA) is 61.6 Å². The summed E-state index contributed by atoms with van der Waals surface area (Å²) in [7, 11) is 0. The number of hydrogen-bond acceptors (Lipinski definition) is 5. The summed E-state index contributed by atoms with van der Waals surface area (Å²) in [6.45, 7) is 0. The molecule has 0 amide bonds. The SMILES string of the molecule is N#Cc1cnc(NC2CCCc3sccc32)cn1. The second-order valence-corrected chi connectivity index (χ2v) is 5.29. The van der Waals surface area contributed by atoms with E-state index in [2.05, 4.69) is 26.7 Å². The average Bonchev–Trinajstić information content (AvgIpc) is 2.89. The minimum atomic E-state index is 0.322. The Hall–Kier alpha value is -1.93. The average molecular weight is 256 g/mol. The monoisotopic (exact) mass is 256 g/mol. The molecule has 18 heavy (non-hydrogen) atoms. The van der Waals surface area contributed by atoms with Crippen molar-refractivity contribution in [3.05, 3.63) is 40.0 Å². The first-order valence-electron chi connectivity index (χ1n) is 5.92. The highest BCUT2D eigenvalue weighted by atomic mass is 32.1. The van der Waals surface area contributed by atoms with Crippen molar-refractivity contribution in [1.29, 1.82) is 5.26 Å². The molecule has 0 radical (unpaired) electrons. The Bertz CT molecular complexity index is 582. The van der Waals surface area contributed by atoms with Crippen molar-refractivity contribution in [2.45, 2.75) is 25.3 Å². The van der Waals surface area contributed by atoms with E-state index >= 15 is 0 Å². The molecule has 5 heteroatoms. The van der Waals surface area contributed by atoms with Gasteiger partial charge in [0, 0.05) is 4.88 Å². The molecule has 90 valence electrons. The summed E-state index contributed by atoms with van der Waals surface area (Å²) in [5.74, 6) is 0.734. The van der Waals surface area contributed by atoms with E-state index in [4.69, 9.17) is 5.26 Å².